The molecule has 0 radical (unpaired) electrons. The fourth-order valence-corrected chi connectivity index (χ4v) is 1.66. The first-order valence-corrected chi connectivity index (χ1v) is 5.77. The van der Waals surface area contributed by atoms with Crippen LogP contribution in [0.1, 0.15) is 32.1 Å². The molecule has 0 aromatic rings. The fraction of sp³-hybridized carbons (Fsp3) is 1.00. The van der Waals surface area contributed by atoms with Crippen molar-refractivity contribution in [1.29, 1.82) is 0 Å². The van der Waals surface area contributed by atoms with Crippen LogP contribution in [-0.4, -0.2) is 39.5 Å². The van der Waals surface area contributed by atoms with Crippen LogP contribution in [0.15, 0.2) is 0 Å². The smallest absolute Gasteiger partial charge is 0.0808 e. The molecule has 0 bridgehead atoms. The largest absolute Gasteiger partial charge is 0.379 e. The first kappa shape index (κ1) is 12.0. The van der Waals surface area contributed by atoms with Gasteiger partial charge in [0.05, 0.1) is 12.7 Å². The number of hydrogen-bond acceptors (Lipinski definition) is 3. The van der Waals surface area contributed by atoms with Gasteiger partial charge in [-0.1, -0.05) is 0 Å². The predicted octanol–water partition coefficient (Wildman–Crippen LogP) is 1.57. The number of unbranched alkanes of at least 4 members (excludes halogenated alkanes) is 1. The second kappa shape index (κ2) is 8.21. The highest BCUT2D eigenvalue weighted by atomic mass is 16.5. The summed E-state index contributed by atoms with van der Waals surface area (Å²) in [6.07, 6.45) is 6.41. The molecule has 3 heteroatoms. The molecule has 1 heterocycles. The van der Waals surface area contributed by atoms with E-state index in [4.69, 9.17) is 9.47 Å². The van der Waals surface area contributed by atoms with Crippen LogP contribution in [0.25, 0.3) is 0 Å². The average Bonchev–Trinajstić information content (AvgIpc) is 2.25. The molecule has 84 valence electrons. The van der Waals surface area contributed by atoms with Crippen molar-refractivity contribution in [2.24, 2.45) is 0 Å². The van der Waals surface area contributed by atoms with Gasteiger partial charge in [-0.15, -0.1) is 0 Å². The predicted molar refractivity (Wildman–Crippen MR) is 57.6 cm³/mol. The fourth-order valence-electron chi connectivity index (χ4n) is 1.66. The highest BCUT2D eigenvalue weighted by Gasteiger charge is 2.13. The molecular formula is C11H23NO2. The van der Waals surface area contributed by atoms with Crippen LogP contribution in [0, 0.1) is 0 Å². The van der Waals surface area contributed by atoms with E-state index >= 15 is 0 Å². The van der Waals surface area contributed by atoms with Crippen LogP contribution in [0.3, 0.4) is 0 Å². The molecule has 1 aliphatic rings. The third kappa shape index (κ3) is 5.58. The zero-order valence-corrected chi connectivity index (χ0v) is 9.26. The minimum Gasteiger partial charge on any atom is -0.379 e. The topological polar surface area (TPSA) is 30.5 Å². The van der Waals surface area contributed by atoms with Crippen molar-refractivity contribution in [2.75, 3.05) is 33.4 Å². The lowest BCUT2D eigenvalue weighted by atomic mass is 10.1. The number of hydrogen-bond donors (Lipinski definition) is 1. The van der Waals surface area contributed by atoms with Crippen LogP contribution in [0.4, 0.5) is 0 Å². The Morgan fingerprint density at radius 2 is 2.29 bits per heavy atom. The van der Waals surface area contributed by atoms with Gasteiger partial charge in [0.1, 0.15) is 0 Å². The second-order valence-electron chi connectivity index (χ2n) is 3.87. The summed E-state index contributed by atoms with van der Waals surface area (Å²) >= 11 is 0. The Balaban J connectivity index is 1.82. The van der Waals surface area contributed by atoms with Gasteiger partial charge in [-0.25, -0.2) is 0 Å². The van der Waals surface area contributed by atoms with Crippen molar-refractivity contribution in [3.63, 3.8) is 0 Å². The maximum absolute atomic E-state index is 5.57. The van der Waals surface area contributed by atoms with Crippen molar-refractivity contribution in [3.8, 4) is 0 Å². The maximum Gasteiger partial charge on any atom is 0.0808 e. The van der Waals surface area contributed by atoms with Crippen LogP contribution >= 0.6 is 0 Å². The Kier molecular flexibility index (Phi) is 7.01. The minimum absolute atomic E-state index is 0.369. The van der Waals surface area contributed by atoms with E-state index in [-0.39, 0.29) is 0 Å². The van der Waals surface area contributed by atoms with Crippen molar-refractivity contribution >= 4 is 0 Å². The molecule has 3 nitrogen and oxygen atoms in total. The van der Waals surface area contributed by atoms with E-state index < -0.39 is 0 Å². The normalized spacial score (nSPS) is 22.5. The summed E-state index contributed by atoms with van der Waals surface area (Å²) in [4.78, 5) is 0. The van der Waals surface area contributed by atoms with E-state index in [1.54, 1.807) is 0 Å². The number of ether oxygens (including phenoxy) is 2. The quantitative estimate of drug-likeness (QED) is 0.634. The van der Waals surface area contributed by atoms with Crippen LogP contribution < -0.4 is 5.32 Å². The highest BCUT2D eigenvalue weighted by Crippen LogP contribution is 2.12. The molecule has 0 aliphatic carbocycles. The van der Waals surface area contributed by atoms with E-state index in [2.05, 4.69) is 5.32 Å². The molecule has 0 aromatic heterocycles. The molecule has 1 saturated heterocycles. The van der Waals surface area contributed by atoms with Gasteiger partial charge in [-0.3, -0.25) is 0 Å². The van der Waals surface area contributed by atoms with Gasteiger partial charge in [0.2, 0.25) is 0 Å². The van der Waals surface area contributed by atoms with Crippen molar-refractivity contribution in [3.05, 3.63) is 0 Å². The Morgan fingerprint density at radius 3 is 3.00 bits per heavy atom. The van der Waals surface area contributed by atoms with Gasteiger partial charge in [0, 0.05) is 13.2 Å². The summed E-state index contributed by atoms with van der Waals surface area (Å²) in [6.45, 7) is 3.68. The summed E-state index contributed by atoms with van der Waals surface area (Å²) in [7, 11) is 1.98. The van der Waals surface area contributed by atoms with Crippen molar-refractivity contribution in [2.45, 2.75) is 38.2 Å². The van der Waals surface area contributed by atoms with E-state index in [1.165, 1.54) is 25.7 Å². The molecule has 0 amide bonds. The van der Waals surface area contributed by atoms with Crippen molar-refractivity contribution < 1.29 is 9.47 Å². The summed E-state index contributed by atoms with van der Waals surface area (Å²) < 4.78 is 11.1. The molecule has 14 heavy (non-hydrogen) atoms. The van der Waals surface area contributed by atoms with E-state index in [9.17, 15) is 0 Å². The molecule has 1 rings (SSSR count). The first-order valence-electron chi connectivity index (χ1n) is 5.77. The molecule has 1 N–H and O–H groups in total. The Hall–Kier alpha value is -0.120. The monoisotopic (exact) mass is 201 g/mol. The zero-order valence-electron chi connectivity index (χ0n) is 9.26. The molecule has 0 saturated carbocycles. The zero-order chi connectivity index (χ0) is 10.1. The SMILES string of the molecule is CNCCCCOCC1CCCCO1. The number of nitrogens with one attached hydrogen (secondary N) is 1. The number of rotatable bonds is 7. The lowest BCUT2D eigenvalue weighted by Crippen LogP contribution is -2.24. The lowest BCUT2D eigenvalue weighted by molar-refractivity contribution is -0.0410. The molecule has 1 aliphatic heterocycles. The van der Waals surface area contributed by atoms with Crippen molar-refractivity contribution in [1.82, 2.24) is 5.32 Å². The summed E-state index contributed by atoms with van der Waals surface area (Å²) in [5.41, 5.74) is 0. The van der Waals surface area contributed by atoms with Crippen LogP contribution in [0.5, 0.6) is 0 Å². The molecule has 1 atom stereocenters. The maximum atomic E-state index is 5.57. The third-order valence-corrected chi connectivity index (χ3v) is 2.54. The van der Waals surface area contributed by atoms with Gasteiger partial charge in [-0.05, 0) is 45.7 Å². The first-order chi connectivity index (χ1) is 6.93. The van der Waals surface area contributed by atoms with Gasteiger partial charge >= 0.3 is 0 Å². The van der Waals surface area contributed by atoms with Gasteiger partial charge in [0.25, 0.3) is 0 Å². The summed E-state index contributed by atoms with van der Waals surface area (Å²) in [5.74, 6) is 0. The standard InChI is InChI=1S/C11H23NO2/c1-12-7-3-5-8-13-10-11-6-2-4-9-14-11/h11-12H,2-10H2,1H3. The average molecular weight is 201 g/mol. The van der Waals surface area contributed by atoms with E-state index in [0.717, 1.165) is 32.8 Å². The summed E-state index contributed by atoms with van der Waals surface area (Å²) in [5, 5.41) is 3.13. The molecule has 1 fully saturated rings. The molecule has 0 spiro atoms. The van der Waals surface area contributed by atoms with Crippen LogP contribution in [0.2, 0.25) is 0 Å². The van der Waals surface area contributed by atoms with Crippen LogP contribution in [-0.2, 0) is 9.47 Å². The molecule has 0 aromatic carbocycles. The van der Waals surface area contributed by atoms with Gasteiger partial charge in [0.15, 0.2) is 0 Å². The Bertz CT molecular complexity index is 124. The Labute approximate surface area is 87.2 Å². The summed E-state index contributed by atoms with van der Waals surface area (Å²) in [6, 6.07) is 0. The van der Waals surface area contributed by atoms with E-state index in [1.807, 2.05) is 7.05 Å². The minimum atomic E-state index is 0.369. The van der Waals surface area contributed by atoms with E-state index in [0.29, 0.717) is 6.10 Å². The second-order valence-corrected chi connectivity index (χ2v) is 3.87. The van der Waals surface area contributed by atoms with Gasteiger partial charge < -0.3 is 14.8 Å². The Morgan fingerprint density at radius 1 is 1.36 bits per heavy atom. The molecule has 1 unspecified atom stereocenters. The third-order valence-electron chi connectivity index (χ3n) is 2.54. The molecular weight excluding hydrogens is 178 g/mol. The van der Waals surface area contributed by atoms with Gasteiger partial charge in [-0.2, -0.15) is 0 Å². The lowest BCUT2D eigenvalue weighted by Gasteiger charge is -2.22. The highest BCUT2D eigenvalue weighted by molar-refractivity contribution is 4.62.